The molecule has 0 bridgehead atoms. The van der Waals surface area contributed by atoms with Crippen molar-refractivity contribution in [3.05, 3.63) is 0 Å². The first-order valence-corrected chi connectivity index (χ1v) is 5.51. The first-order valence-electron chi connectivity index (χ1n) is 5.51. The lowest BCUT2D eigenvalue weighted by molar-refractivity contribution is -0.168. The number of methoxy groups -OCH3 is 1. The van der Waals surface area contributed by atoms with Crippen molar-refractivity contribution in [3.8, 4) is 0 Å². The molecule has 2 amide bonds. The number of amides is 2. The van der Waals surface area contributed by atoms with E-state index in [2.05, 4.69) is 0 Å². The zero-order valence-corrected chi connectivity index (χ0v) is 10.1. The van der Waals surface area contributed by atoms with Gasteiger partial charge in [0.25, 0.3) is 0 Å². The highest BCUT2D eigenvalue weighted by molar-refractivity contribution is 6.01. The largest absolute Gasteiger partial charge is 0.479 e. The minimum absolute atomic E-state index is 0.207. The summed E-state index contributed by atoms with van der Waals surface area (Å²) in [4.78, 5) is 35.8. The van der Waals surface area contributed by atoms with Crippen LogP contribution >= 0.6 is 0 Å². The van der Waals surface area contributed by atoms with Gasteiger partial charge in [-0.05, 0) is 19.8 Å². The molecule has 0 radical (unpaired) electrons. The summed E-state index contributed by atoms with van der Waals surface area (Å²) in [7, 11) is 1.34. The topological polar surface area (TPSA) is 83.9 Å². The SMILES string of the molecule is COCC(C)(C(=O)O)N1C(=O)CCCCC1=O. The summed E-state index contributed by atoms with van der Waals surface area (Å²) >= 11 is 0. The molecule has 1 N–H and O–H groups in total. The van der Waals surface area contributed by atoms with Gasteiger partial charge in [-0.3, -0.25) is 14.5 Å². The molecule has 1 fully saturated rings. The van der Waals surface area contributed by atoms with Crippen molar-refractivity contribution >= 4 is 17.8 Å². The van der Waals surface area contributed by atoms with Gasteiger partial charge >= 0.3 is 5.97 Å². The molecule has 6 heteroatoms. The molecule has 0 aliphatic carbocycles. The van der Waals surface area contributed by atoms with Crippen LogP contribution < -0.4 is 0 Å². The Labute approximate surface area is 99.5 Å². The number of imide groups is 1. The van der Waals surface area contributed by atoms with E-state index in [1.54, 1.807) is 0 Å². The molecule has 0 aromatic rings. The highest BCUT2D eigenvalue weighted by atomic mass is 16.5. The summed E-state index contributed by atoms with van der Waals surface area (Å²) < 4.78 is 4.83. The zero-order valence-electron chi connectivity index (χ0n) is 10.1. The number of rotatable bonds is 4. The third-order valence-electron chi connectivity index (χ3n) is 2.91. The number of aliphatic carboxylic acids is 1. The van der Waals surface area contributed by atoms with Crippen molar-refractivity contribution in [2.24, 2.45) is 0 Å². The summed E-state index contributed by atoms with van der Waals surface area (Å²) in [6.07, 6.45) is 1.64. The van der Waals surface area contributed by atoms with Gasteiger partial charge in [0.1, 0.15) is 0 Å². The second kappa shape index (κ2) is 5.27. The minimum atomic E-state index is -1.62. The van der Waals surface area contributed by atoms with Crippen LogP contribution in [0.1, 0.15) is 32.6 Å². The Bertz CT molecular complexity index is 323. The predicted octanol–water partition coefficient (Wildman–Crippen LogP) is 0.405. The molecule has 0 saturated carbocycles. The fraction of sp³-hybridized carbons (Fsp3) is 0.727. The van der Waals surface area contributed by atoms with Gasteiger partial charge in [-0.15, -0.1) is 0 Å². The lowest BCUT2D eigenvalue weighted by atomic mass is 10.0. The van der Waals surface area contributed by atoms with Gasteiger partial charge in [0, 0.05) is 20.0 Å². The van der Waals surface area contributed by atoms with Crippen LogP contribution in [0.2, 0.25) is 0 Å². The van der Waals surface area contributed by atoms with Crippen LogP contribution in [-0.4, -0.2) is 47.0 Å². The molecule has 1 unspecified atom stereocenters. The molecule has 96 valence electrons. The van der Waals surface area contributed by atoms with Gasteiger partial charge in [0.2, 0.25) is 11.8 Å². The average Bonchev–Trinajstić information content (AvgIpc) is 2.40. The Morgan fingerprint density at radius 1 is 1.35 bits per heavy atom. The number of carboxylic acids is 1. The summed E-state index contributed by atoms with van der Waals surface area (Å²) in [6, 6.07) is 0. The predicted molar refractivity (Wildman–Crippen MR) is 58.2 cm³/mol. The van der Waals surface area contributed by atoms with Crippen molar-refractivity contribution in [2.45, 2.75) is 38.1 Å². The Balaban J connectivity index is 3.09. The van der Waals surface area contributed by atoms with Gasteiger partial charge in [0.05, 0.1) is 6.61 Å². The van der Waals surface area contributed by atoms with E-state index in [0.29, 0.717) is 12.8 Å². The molecule has 1 heterocycles. The molecular formula is C11H17NO5. The molecular weight excluding hydrogens is 226 g/mol. The molecule has 1 saturated heterocycles. The van der Waals surface area contributed by atoms with Gasteiger partial charge in [-0.25, -0.2) is 4.79 Å². The van der Waals surface area contributed by atoms with Crippen molar-refractivity contribution in [1.82, 2.24) is 4.90 Å². The molecule has 0 aromatic heterocycles. The summed E-state index contributed by atoms with van der Waals surface area (Å²) in [5, 5.41) is 9.22. The lowest BCUT2D eigenvalue weighted by Crippen LogP contribution is -2.59. The summed E-state index contributed by atoms with van der Waals surface area (Å²) in [5.41, 5.74) is -1.62. The van der Waals surface area contributed by atoms with Crippen molar-refractivity contribution in [2.75, 3.05) is 13.7 Å². The molecule has 6 nitrogen and oxygen atoms in total. The number of likely N-dealkylation sites (tertiary alicyclic amines) is 1. The van der Waals surface area contributed by atoms with Crippen LogP contribution in [0.4, 0.5) is 0 Å². The quantitative estimate of drug-likeness (QED) is 0.723. The van der Waals surface area contributed by atoms with Gasteiger partial charge < -0.3 is 9.84 Å². The third kappa shape index (κ3) is 2.63. The van der Waals surface area contributed by atoms with E-state index in [9.17, 15) is 19.5 Å². The maximum Gasteiger partial charge on any atom is 0.332 e. The Kier molecular flexibility index (Phi) is 4.22. The van der Waals surface area contributed by atoms with Crippen LogP contribution in [0, 0.1) is 0 Å². The van der Waals surface area contributed by atoms with E-state index in [1.807, 2.05) is 0 Å². The Morgan fingerprint density at radius 3 is 2.18 bits per heavy atom. The van der Waals surface area contributed by atoms with Crippen LogP contribution in [0.5, 0.6) is 0 Å². The molecule has 1 aliphatic heterocycles. The van der Waals surface area contributed by atoms with E-state index in [1.165, 1.54) is 14.0 Å². The standard InChI is InChI=1S/C11H17NO5/c1-11(7-17-2,10(15)16)12-8(13)5-3-4-6-9(12)14/h3-7H2,1-2H3,(H,15,16). The fourth-order valence-electron chi connectivity index (χ4n) is 1.97. The van der Waals surface area contributed by atoms with Gasteiger partial charge in [-0.2, -0.15) is 0 Å². The summed E-state index contributed by atoms with van der Waals surface area (Å²) in [6.45, 7) is 1.12. The smallest absolute Gasteiger partial charge is 0.332 e. The van der Waals surface area contributed by atoms with Crippen molar-refractivity contribution < 1.29 is 24.2 Å². The zero-order chi connectivity index (χ0) is 13.1. The molecule has 17 heavy (non-hydrogen) atoms. The van der Waals surface area contributed by atoms with Gasteiger partial charge in [-0.1, -0.05) is 0 Å². The number of carbonyl (C=O) groups is 3. The minimum Gasteiger partial charge on any atom is -0.479 e. The first kappa shape index (κ1) is 13.6. The number of nitrogens with zero attached hydrogens (tertiary/aromatic N) is 1. The number of carbonyl (C=O) groups excluding carboxylic acids is 2. The van der Waals surface area contributed by atoms with E-state index in [4.69, 9.17) is 4.74 Å². The summed E-state index contributed by atoms with van der Waals surface area (Å²) in [5.74, 6) is -2.10. The Morgan fingerprint density at radius 2 is 1.82 bits per heavy atom. The number of hydrogen-bond acceptors (Lipinski definition) is 4. The van der Waals surface area contributed by atoms with Gasteiger partial charge in [0.15, 0.2) is 5.54 Å². The van der Waals surface area contributed by atoms with Crippen LogP contribution in [-0.2, 0) is 19.1 Å². The van der Waals surface area contributed by atoms with E-state index < -0.39 is 23.3 Å². The second-order valence-corrected chi connectivity index (χ2v) is 4.34. The molecule has 0 aromatic carbocycles. The lowest BCUT2D eigenvalue weighted by Gasteiger charge is -2.35. The monoisotopic (exact) mass is 243 g/mol. The van der Waals surface area contributed by atoms with Crippen LogP contribution in [0.25, 0.3) is 0 Å². The maximum absolute atomic E-state index is 11.8. The fourth-order valence-corrected chi connectivity index (χ4v) is 1.97. The molecule has 1 aliphatic rings. The first-order chi connectivity index (χ1) is 7.93. The second-order valence-electron chi connectivity index (χ2n) is 4.34. The number of ether oxygens (including phenoxy) is 1. The highest BCUT2D eigenvalue weighted by Crippen LogP contribution is 2.23. The van der Waals surface area contributed by atoms with E-state index in [0.717, 1.165) is 4.90 Å². The number of hydrogen-bond donors (Lipinski definition) is 1. The van der Waals surface area contributed by atoms with E-state index in [-0.39, 0.29) is 19.4 Å². The number of carboxylic acid groups (broad SMARTS) is 1. The average molecular weight is 243 g/mol. The third-order valence-corrected chi connectivity index (χ3v) is 2.91. The van der Waals surface area contributed by atoms with Crippen molar-refractivity contribution in [1.29, 1.82) is 0 Å². The molecule has 1 atom stereocenters. The molecule has 1 rings (SSSR count). The van der Waals surface area contributed by atoms with Crippen LogP contribution in [0.3, 0.4) is 0 Å². The normalized spacial score (nSPS) is 20.9. The highest BCUT2D eigenvalue weighted by Gasteiger charge is 2.46. The Hall–Kier alpha value is -1.43. The maximum atomic E-state index is 11.8. The van der Waals surface area contributed by atoms with E-state index >= 15 is 0 Å². The molecule has 0 spiro atoms. The van der Waals surface area contributed by atoms with Crippen LogP contribution in [0.15, 0.2) is 0 Å². The van der Waals surface area contributed by atoms with Crippen molar-refractivity contribution in [3.63, 3.8) is 0 Å².